The average Bonchev–Trinajstić information content (AvgIpc) is 3.95. The maximum absolute atomic E-state index is 2.44. The lowest BCUT2D eigenvalue weighted by atomic mass is 10.0. The summed E-state index contributed by atoms with van der Waals surface area (Å²) in [5, 5.41) is 7.56. The smallest absolute Gasteiger partial charge is 0.101 e. The van der Waals surface area contributed by atoms with Gasteiger partial charge in [0.05, 0.1) is 22.1 Å². The van der Waals surface area contributed by atoms with Crippen LogP contribution in [0.1, 0.15) is 0 Å². The third-order valence-electron chi connectivity index (χ3n) is 9.43. The summed E-state index contributed by atoms with van der Waals surface area (Å²) >= 11 is 3.71. The molecule has 4 aromatic heterocycles. The molecule has 4 heterocycles. The number of nitrogens with zero attached hydrogens (tertiary/aromatic N) is 2. The fourth-order valence-corrected chi connectivity index (χ4v) is 9.36. The Hall–Kier alpha value is -5.68. The molecule has 2 nitrogen and oxygen atoms in total. The predicted molar refractivity (Wildman–Crippen MR) is 207 cm³/mol. The van der Waals surface area contributed by atoms with Crippen LogP contribution in [0.3, 0.4) is 0 Å². The van der Waals surface area contributed by atoms with Crippen LogP contribution in [0.15, 0.2) is 170 Å². The Balaban J connectivity index is 1.10. The molecule has 0 bridgehead atoms. The van der Waals surface area contributed by atoms with Crippen LogP contribution in [0.4, 0.5) is 0 Å². The Morgan fingerprint density at radius 2 is 0.688 bits per heavy atom. The van der Waals surface area contributed by atoms with E-state index < -0.39 is 0 Å². The molecule has 0 radical (unpaired) electrons. The summed E-state index contributed by atoms with van der Waals surface area (Å²) < 4.78 is 4.88. The summed E-state index contributed by atoms with van der Waals surface area (Å²) in [4.78, 5) is 2.55. The Morgan fingerprint density at radius 3 is 1.15 bits per heavy atom. The van der Waals surface area contributed by atoms with Gasteiger partial charge in [-0.2, -0.15) is 0 Å². The van der Waals surface area contributed by atoms with Gasteiger partial charge in [-0.3, -0.25) is 0 Å². The van der Waals surface area contributed by atoms with Gasteiger partial charge in [-0.1, -0.05) is 121 Å². The SMILES string of the molecule is c1ccc(-c2ccc3c4ccccc4n(-c4ccc(-c5ccc(-n6c7ccccc7c7ccc(-c8ccccc8)cc76)s5)s4)c3c2)cc1. The second kappa shape index (κ2) is 11.0. The van der Waals surface area contributed by atoms with Crippen molar-refractivity contribution in [2.24, 2.45) is 0 Å². The lowest BCUT2D eigenvalue weighted by molar-refractivity contribution is 1.22. The topological polar surface area (TPSA) is 9.86 Å². The zero-order chi connectivity index (χ0) is 31.6. The molecule has 0 saturated carbocycles. The van der Waals surface area contributed by atoms with Gasteiger partial charge in [0.15, 0.2) is 0 Å². The number of benzene rings is 6. The minimum absolute atomic E-state index is 1.22. The molecular weight excluding hydrogens is 621 g/mol. The van der Waals surface area contributed by atoms with Gasteiger partial charge in [0.2, 0.25) is 0 Å². The molecule has 0 unspecified atom stereocenters. The van der Waals surface area contributed by atoms with E-state index in [0.29, 0.717) is 0 Å². The van der Waals surface area contributed by atoms with Gasteiger partial charge in [-0.25, -0.2) is 0 Å². The molecular formula is C44H28N2S2. The summed E-state index contributed by atoms with van der Waals surface area (Å²) in [6.07, 6.45) is 0. The molecule has 0 N–H and O–H groups in total. The molecule has 0 atom stereocenters. The fraction of sp³-hybridized carbons (Fsp3) is 0. The van der Waals surface area contributed by atoms with Gasteiger partial charge < -0.3 is 9.13 Å². The van der Waals surface area contributed by atoms with E-state index in [1.54, 1.807) is 0 Å². The standard InChI is InChI=1S/C44H28N2S2/c1-3-11-29(12-4-1)31-19-21-35-33-15-7-9-17-37(33)45(39(35)27-31)43-25-23-41(47-43)42-24-26-44(48-42)46-38-18-10-8-16-34(38)36-22-20-32(28-40(36)46)30-13-5-2-6-14-30/h1-28H. The first-order valence-electron chi connectivity index (χ1n) is 16.2. The van der Waals surface area contributed by atoms with Gasteiger partial charge in [-0.05, 0) is 70.8 Å². The highest BCUT2D eigenvalue weighted by molar-refractivity contribution is 7.24. The van der Waals surface area contributed by atoms with Crippen LogP contribution >= 0.6 is 22.7 Å². The van der Waals surface area contributed by atoms with Crippen molar-refractivity contribution < 1.29 is 0 Å². The van der Waals surface area contributed by atoms with Gasteiger partial charge in [0.25, 0.3) is 0 Å². The Morgan fingerprint density at radius 1 is 0.292 bits per heavy atom. The fourth-order valence-electron chi connectivity index (χ4n) is 7.20. The number of thiophene rings is 2. The van der Waals surface area contributed by atoms with E-state index in [1.165, 1.54) is 85.6 Å². The first kappa shape index (κ1) is 27.4. The van der Waals surface area contributed by atoms with Crippen LogP contribution in [0.2, 0.25) is 0 Å². The van der Waals surface area contributed by atoms with Crippen molar-refractivity contribution in [2.75, 3.05) is 0 Å². The Kier molecular flexibility index (Phi) is 6.26. The molecule has 226 valence electrons. The summed E-state index contributed by atoms with van der Waals surface area (Å²) in [5.74, 6) is 0. The second-order valence-corrected chi connectivity index (χ2v) is 14.3. The Bertz CT molecular complexity index is 2580. The van der Waals surface area contributed by atoms with Crippen LogP contribution in [0.25, 0.3) is 85.6 Å². The lowest BCUT2D eigenvalue weighted by Crippen LogP contribution is -1.90. The highest BCUT2D eigenvalue weighted by atomic mass is 32.1. The molecule has 0 aliphatic rings. The van der Waals surface area contributed by atoms with Crippen molar-refractivity contribution in [3.63, 3.8) is 0 Å². The maximum Gasteiger partial charge on any atom is 0.101 e. The molecule has 0 saturated heterocycles. The molecule has 10 aromatic rings. The lowest BCUT2D eigenvalue weighted by Gasteiger charge is -2.07. The van der Waals surface area contributed by atoms with E-state index in [0.717, 1.165) is 0 Å². The third kappa shape index (κ3) is 4.31. The van der Waals surface area contributed by atoms with Gasteiger partial charge in [0, 0.05) is 31.3 Å². The van der Waals surface area contributed by atoms with E-state index in [2.05, 4.69) is 179 Å². The monoisotopic (exact) mass is 648 g/mol. The number of hydrogen-bond acceptors (Lipinski definition) is 2. The molecule has 10 rings (SSSR count). The summed E-state index contributed by atoms with van der Waals surface area (Å²) in [5.41, 5.74) is 9.86. The van der Waals surface area contributed by atoms with E-state index in [9.17, 15) is 0 Å². The molecule has 0 aliphatic carbocycles. The van der Waals surface area contributed by atoms with Crippen LogP contribution in [-0.2, 0) is 0 Å². The average molecular weight is 649 g/mol. The molecule has 48 heavy (non-hydrogen) atoms. The van der Waals surface area contributed by atoms with E-state index in [1.807, 2.05) is 22.7 Å². The molecule has 0 spiro atoms. The van der Waals surface area contributed by atoms with Crippen LogP contribution in [0.5, 0.6) is 0 Å². The minimum atomic E-state index is 1.22. The van der Waals surface area contributed by atoms with Crippen LogP contribution in [0, 0.1) is 0 Å². The number of fused-ring (bicyclic) bond motifs is 6. The highest BCUT2D eigenvalue weighted by Crippen LogP contribution is 2.42. The predicted octanol–water partition coefficient (Wildman–Crippen LogP) is 13.0. The Labute approximate surface area is 286 Å². The van der Waals surface area contributed by atoms with Crippen molar-refractivity contribution in [2.45, 2.75) is 0 Å². The van der Waals surface area contributed by atoms with Gasteiger partial charge in [0.1, 0.15) is 10.0 Å². The number of aromatic nitrogens is 2. The molecule has 6 aromatic carbocycles. The van der Waals surface area contributed by atoms with Crippen molar-refractivity contribution in [1.29, 1.82) is 0 Å². The van der Waals surface area contributed by atoms with E-state index >= 15 is 0 Å². The van der Waals surface area contributed by atoms with Crippen molar-refractivity contribution in [3.05, 3.63) is 170 Å². The first-order valence-corrected chi connectivity index (χ1v) is 17.8. The zero-order valence-corrected chi connectivity index (χ0v) is 27.5. The van der Waals surface area contributed by atoms with Crippen LogP contribution in [-0.4, -0.2) is 9.13 Å². The number of para-hydroxylation sites is 2. The van der Waals surface area contributed by atoms with Crippen molar-refractivity contribution in [1.82, 2.24) is 9.13 Å². The largest absolute Gasteiger partial charge is 0.301 e. The van der Waals surface area contributed by atoms with Crippen molar-refractivity contribution >= 4 is 66.3 Å². The molecule has 4 heteroatoms. The van der Waals surface area contributed by atoms with Gasteiger partial charge >= 0.3 is 0 Å². The molecule has 0 fully saturated rings. The minimum Gasteiger partial charge on any atom is -0.301 e. The summed E-state index contributed by atoms with van der Waals surface area (Å²) in [6.45, 7) is 0. The van der Waals surface area contributed by atoms with Crippen molar-refractivity contribution in [3.8, 4) is 42.0 Å². The third-order valence-corrected chi connectivity index (χ3v) is 11.8. The number of hydrogen-bond donors (Lipinski definition) is 0. The maximum atomic E-state index is 2.44. The van der Waals surface area contributed by atoms with E-state index in [4.69, 9.17) is 0 Å². The second-order valence-electron chi connectivity index (χ2n) is 12.2. The first-order chi connectivity index (χ1) is 23.8. The summed E-state index contributed by atoms with van der Waals surface area (Å²) in [7, 11) is 0. The van der Waals surface area contributed by atoms with Crippen LogP contribution < -0.4 is 0 Å². The molecule has 0 aliphatic heterocycles. The normalized spacial score (nSPS) is 11.8. The quantitative estimate of drug-likeness (QED) is 0.176. The van der Waals surface area contributed by atoms with Gasteiger partial charge in [-0.15, -0.1) is 22.7 Å². The van der Waals surface area contributed by atoms with E-state index in [-0.39, 0.29) is 0 Å². The molecule has 0 amide bonds. The number of rotatable bonds is 5. The summed E-state index contributed by atoms with van der Waals surface area (Å²) in [6, 6.07) is 61.8. The highest BCUT2D eigenvalue weighted by Gasteiger charge is 2.18. The zero-order valence-electron chi connectivity index (χ0n) is 25.9.